The fourth-order valence-corrected chi connectivity index (χ4v) is 2.32. The fraction of sp³-hybridized carbons (Fsp3) is 0.0588. The number of carbonyl (C=O) groups excluding carboxylic acids is 1. The molecule has 0 aliphatic carbocycles. The molecule has 0 aliphatic heterocycles. The molecule has 1 amide bonds. The average Bonchev–Trinajstić information content (AvgIpc) is 2.98. The van der Waals surface area contributed by atoms with Gasteiger partial charge in [0.1, 0.15) is 11.5 Å². The van der Waals surface area contributed by atoms with E-state index in [-0.39, 0.29) is 12.5 Å². The van der Waals surface area contributed by atoms with Crippen LogP contribution in [-0.4, -0.2) is 18.7 Å². The zero-order valence-electron chi connectivity index (χ0n) is 12.0. The van der Waals surface area contributed by atoms with Gasteiger partial charge in [-0.15, -0.1) is 0 Å². The summed E-state index contributed by atoms with van der Waals surface area (Å²) < 4.78 is 11.3. The molecule has 0 saturated carbocycles. The standard InChI is InChI=1S/C17H13BrN2O3/c18-16-8-7-15(23-16)10-19-20-17(21)11-22-14-6-5-12-3-1-2-4-13(12)9-14/h1-10H,11H2,(H,20,21)/b19-10+. The van der Waals surface area contributed by atoms with Gasteiger partial charge >= 0.3 is 0 Å². The molecule has 1 N–H and O–H groups in total. The predicted molar refractivity (Wildman–Crippen MR) is 91.6 cm³/mol. The third kappa shape index (κ3) is 4.20. The summed E-state index contributed by atoms with van der Waals surface area (Å²) in [5, 5.41) is 5.98. The normalized spacial score (nSPS) is 11.0. The highest BCUT2D eigenvalue weighted by molar-refractivity contribution is 9.10. The highest BCUT2D eigenvalue weighted by atomic mass is 79.9. The molecule has 0 spiro atoms. The van der Waals surface area contributed by atoms with E-state index >= 15 is 0 Å². The smallest absolute Gasteiger partial charge is 0.277 e. The molecule has 3 rings (SSSR count). The topological polar surface area (TPSA) is 63.8 Å². The Balaban J connectivity index is 1.52. The van der Waals surface area contributed by atoms with Gasteiger partial charge in [-0.3, -0.25) is 4.79 Å². The molecule has 1 aromatic heterocycles. The van der Waals surface area contributed by atoms with E-state index in [0.29, 0.717) is 16.2 Å². The number of benzene rings is 2. The van der Waals surface area contributed by atoms with Gasteiger partial charge in [-0.1, -0.05) is 30.3 Å². The SMILES string of the molecule is O=C(COc1ccc2ccccc2c1)N/N=C/c1ccc(Br)o1. The maximum Gasteiger partial charge on any atom is 0.277 e. The first-order chi connectivity index (χ1) is 11.2. The van der Waals surface area contributed by atoms with Crippen LogP contribution in [0.2, 0.25) is 0 Å². The molecule has 23 heavy (non-hydrogen) atoms. The molecule has 0 fully saturated rings. The summed E-state index contributed by atoms with van der Waals surface area (Å²) in [5.74, 6) is 0.824. The number of furan rings is 1. The highest BCUT2D eigenvalue weighted by Crippen LogP contribution is 2.20. The number of rotatable bonds is 5. The number of nitrogens with zero attached hydrogens (tertiary/aromatic N) is 1. The maximum atomic E-state index is 11.7. The van der Waals surface area contributed by atoms with Gasteiger partial charge in [-0.25, -0.2) is 5.43 Å². The predicted octanol–water partition coefficient (Wildman–Crippen LogP) is 3.72. The van der Waals surface area contributed by atoms with Crippen molar-refractivity contribution in [1.29, 1.82) is 0 Å². The van der Waals surface area contributed by atoms with E-state index in [9.17, 15) is 4.79 Å². The number of hydrogen-bond acceptors (Lipinski definition) is 4. The second-order valence-electron chi connectivity index (χ2n) is 4.73. The first-order valence-electron chi connectivity index (χ1n) is 6.89. The molecule has 0 unspecified atom stereocenters. The van der Waals surface area contributed by atoms with Crippen LogP contribution in [0, 0.1) is 0 Å². The van der Waals surface area contributed by atoms with Gasteiger partial charge in [-0.2, -0.15) is 5.10 Å². The van der Waals surface area contributed by atoms with E-state index in [1.54, 1.807) is 12.1 Å². The van der Waals surface area contributed by atoms with Gasteiger partial charge < -0.3 is 9.15 Å². The molecular formula is C17H13BrN2O3. The van der Waals surface area contributed by atoms with Crippen molar-refractivity contribution in [3.8, 4) is 5.75 Å². The summed E-state index contributed by atoms with van der Waals surface area (Å²) in [6.45, 7) is -0.114. The minimum Gasteiger partial charge on any atom is -0.484 e. The van der Waals surface area contributed by atoms with Gasteiger partial charge in [0.25, 0.3) is 5.91 Å². The number of carbonyl (C=O) groups is 1. The lowest BCUT2D eigenvalue weighted by Crippen LogP contribution is -2.24. The Morgan fingerprint density at radius 1 is 1.17 bits per heavy atom. The number of hydrazone groups is 1. The average molecular weight is 373 g/mol. The summed E-state index contributed by atoms with van der Waals surface area (Å²) in [5.41, 5.74) is 2.38. The quantitative estimate of drug-likeness (QED) is 0.548. The van der Waals surface area contributed by atoms with Crippen molar-refractivity contribution < 1.29 is 13.9 Å². The Labute approximate surface area is 141 Å². The van der Waals surface area contributed by atoms with E-state index in [0.717, 1.165) is 10.8 Å². The Kier molecular flexibility index (Phi) is 4.73. The number of ether oxygens (including phenoxy) is 1. The number of fused-ring (bicyclic) bond motifs is 1. The summed E-state index contributed by atoms with van der Waals surface area (Å²) in [6, 6.07) is 17.1. The van der Waals surface area contributed by atoms with E-state index in [2.05, 4.69) is 26.5 Å². The van der Waals surface area contributed by atoms with E-state index in [1.165, 1.54) is 6.21 Å². The van der Waals surface area contributed by atoms with Crippen LogP contribution in [0.3, 0.4) is 0 Å². The molecule has 0 aliphatic rings. The van der Waals surface area contributed by atoms with Gasteiger partial charge in [0, 0.05) is 0 Å². The third-order valence-corrected chi connectivity index (χ3v) is 3.49. The van der Waals surface area contributed by atoms with Crippen LogP contribution in [0.25, 0.3) is 10.8 Å². The van der Waals surface area contributed by atoms with Crippen LogP contribution in [0.1, 0.15) is 5.76 Å². The van der Waals surface area contributed by atoms with Crippen molar-refractivity contribution in [2.24, 2.45) is 5.10 Å². The second-order valence-corrected chi connectivity index (χ2v) is 5.51. The number of amides is 1. The van der Waals surface area contributed by atoms with Crippen molar-refractivity contribution in [2.75, 3.05) is 6.61 Å². The first kappa shape index (κ1) is 15.3. The van der Waals surface area contributed by atoms with Gasteiger partial charge in [0.2, 0.25) is 0 Å². The van der Waals surface area contributed by atoms with Crippen LogP contribution >= 0.6 is 15.9 Å². The molecule has 6 heteroatoms. The van der Waals surface area contributed by atoms with Crippen molar-refractivity contribution >= 4 is 38.8 Å². The van der Waals surface area contributed by atoms with E-state index < -0.39 is 0 Å². The highest BCUT2D eigenvalue weighted by Gasteiger charge is 2.03. The van der Waals surface area contributed by atoms with Crippen molar-refractivity contribution in [2.45, 2.75) is 0 Å². The van der Waals surface area contributed by atoms with Gasteiger partial charge in [0.05, 0.1) is 6.21 Å². The zero-order chi connectivity index (χ0) is 16.1. The Morgan fingerprint density at radius 3 is 2.78 bits per heavy atom. The first-order valence-corrected chi connectivity index (χ1v) is 7.69. The molecule has 2 aromatic carbocycles. The zero-order valence-corrected chi connectivity index (χ0v) is 13.6. The second kappa shape index (κ2) is 7.11. The Hall–Kier alpha value is -2.60. The molecule has 0 saturated heterocycles. The monoisotopic (exact) mass is 372 g/mol. The van der Waals surface area contributed by atoms with Crippen LogP contribution in [-0.2, 0) is 4.79 Å². The Bertz CT molecular complexity index is 858. The molecule has 1 heterocycles. The summed E-state index contributed by atoms with van der Waals surface area (Å²) in [7, 11) is 0. The lowest BCUT2D eigenvalue weighted by Gasteiger charge is -2.06. The molecule has 0 radical (unpaired) electrons. The minimum absolute atomic E-state index is 0.114. The van der Waals surface area contributed by atoms with E-state index in [4.69, 9.17) is 9.15 Å². The number of hydrogen-bond donors (Lipinski definition) is 1. The molecule has 0 atom stereocenters. The summed E-state index contributed by atoms with van der Waals surface area (Å²) >= 11 is 3.19. The van der Waals surface area contributed by atoms with Crippen LogP contribution in [0.15, 0.2) is 68.8 Å². The molecule has 5 nitrogen and oxygen atoms in total. The van der Waals surface area contributed by atoms with Gasteiger partial charge in [-0.05, 0) is 51.0 Å². The molecule has 0 bridgehead atoms. The van der Waals surface area contributed by atoms with Crippen LogP contribution < -0.4 is 10.2 Å². The summed E-state index contributed by atoms with van der Waals surface area (Å²) in [4.78, 5) is 11.7. The van der Waals surface area contributed by atoms with Crippen LogP contribution in [0.4, 0.5) is 0 Å². The lowest BCUT2D eigenvalue weighted by atomic mass is 10.1. The summed E-state index contributed by atoms with van der Waals surface area (Å²) in [6.07, 6.45) is 1.42. The largest absolute Gasteiger partial charge is 0.484 e. The molecule has 116 valence electrons. The third-order valence-electron chi connectivity index (χ3n) is 3.07. The Morgan fingerprint density at radius 2 is 2.00 bits per heavy atom. The fourth-order valence-electron chi connectivity index (χ4n) is 2.00. The number of halogens is 1. The number of nitrogens with one attached hydrogen (secondary N) is 1. The van der Waals surface area contributed by atoms with Crippen molar-refractivity contribution in [3.05, 3.63) is 65.0 Å². The minimum atomic E-state index is -0.347. The van der Waals surface area contributed by atoms with Crippen molar-refractivity contribution in [3.63, 3.8) is 0 Å². The maximum absolute atomic E-state index is 11.7. The lowest BCUT2D eigenvalue weighted by molar-refractivity contribution is -0.123. The van der Waals surface area contributed by atoms with Crippen molar-refractivity contribution in [1.82, 2.24) is 5.43 Å². The van der Waals surface area contributed by atoms with Crippen LogP contribution in [0.5, 0.6) is 5.75 Å². The molecular weight excluding hydrogens is 360 g/mol. The van der Waals surface area contributed by atoms with E-state index in [1.807, 2.05) is 42.5 Å². The molecule has 3 aromatic rings. The van der Waals surface area contributed by atoms with Gasteiger partial charge in [0.15, 0.2) is 11.3 Å².